The highest BCUT2D eigenvalue weighted by Crippen LogP contribution is 2.27. The molecule has 1 aliphatic heterocycles. The standard InChI is InChI=1S/C20H28N4O/c25-20(13-16-5-1-2-6-16)22-17-8-11-23(12-9-17)14-18-15-24-10-4-3-7-19(24)21-18/h3-4,7,10,15-17H,1-2,5-6,8-9,11-14H2,(H,22,25). The first kappa shape index (κ1) is 16.6. The Morgan fingerprint density at radius 1 is 1.16 bits per heavy atom. The Hall–Kier alpha value is -1.88. The Bertz CT molecular complexity index is 678. The number of nitrogens with zero attached hydrogens (tertiary/aromatic N) is 3. The molecule has 1 aliphatic carbocycles. The summed E-state index contributed by atoms with van der Waals surface area (Å²) in [4.78, 5) is 19.3. The summed E-state index contributed by atoms with van der Waals surface area (Å²) in [5.41, 5.74) is 2.13. The predicted molar refractivity (Wildman–Crippen MR) is 98.2 cm³/mol. The molecule has 0 aromatic carbocycles. The number of hydrogen-bond donors (Lipinski definition) is 1. The Morgan fingerprint density at radius 3 is 2.72 bits per heavy atom. The van der Waals surface area contributed by atoms with Crippen LogP contribution in [0, 0.1) is 5.92 Å². The third-order valence-electron chi connectivity index (χ3n) is 5.70. The number of pyridine rings is 1. The van der Waals surface area contributed by atoms with E-state index >= 15 is 0 Å². The highest BCUT2D eigenvalue weighted by molar-refractivity contribution is 5.76. The molecular formula is C20H28N4O. The molecule has 3 heterocycles. The first-order chi connectivity index (χ1) is 12.3. The number of carbonyl (C=O) groups is 1. The number of fused-ring (bicyclic) bond motifs is 1. The second kappa shape index (κ2) is 7.56. The van der Waals surface area contributed by atoms with Crippen molar-refractivity contribution >= 4 is 11.6 Å². The highest BCUT2D eigenvalue weighted by Gasteiger charge is 2.23. The third kappa shape index (κ3) is 4.21. The molecule has 1 saturated carbocycles. The van der Waals surface area contributed by atoms with Gasteiger partial charge in [0.25, 0.3) is 0 Å². The van der Waals surface area contributed by atoms with E-state index in [2.05, 4.69) is 25.8 Å². The molecule has 1 saturated heterocycles. The number of nitrogens with one attached hydrogen (secondary N) is 1. The molecule has 1 amide bonds. The minimum atomic E-state index is 0.269. The van der Waals surface area contributed by atoms with Gasteiger partial charge in [-0.1, -0.05) is 18.9 Å². The Balaban J connectivity index is 1.23. The molecule has 1 N–H and O–H groups in total. The lowest BCUT2D eigenvalue weighted by atomic mass is 10.0. The third-order valence-corrected chi connectivity index (χ3v) is 5.70. The first-order valence-corrected chi connectivity index (χ1v) is 9.70. The molecule has 5 nitrogen and oxygen atoms in total. The van der Waals surface area contributed by atoms with E-state index in [4.69, 9.17) is 0 Å². The van der Waals surface area contributed by atoms with Crippen LogP contribution in [0.5, 0.6) is 0 Å². The number of imidazole rings is 1. The summed E-state index contributed by atoms with van der Waals surface area (Å²) in [5, 5.41) is 3.27. The van der Waals surface area contributed by atoms with E-state index in [0.29, 0.717) is 12.0 Å². The number of piperidine rings is 1. The van der Waals surface area contributed by atoms with Gasteiger partial charge in [0.2, 0.25) is 5.91 Å². The van der Waals surface area contributed by atoms with Crippen LogP contribution in [0.2, 0.25) is 0 Å². The van der Waals surface area contributed by atoms with Crippen LogP contribution in [-0.4, -0.2) is 39.3 Å². The predicted octanol–water partition coefficient (Wildman–Crippen LogP) is 3.00. The SMILES string of the molecule is O=C(CC1CCCC1)NC1CCN(Cc2cn3ccccc3n2)CC1. The molecule has 134 valence electrons. The maximum atomic E-state index is 12.2. The monoisotopic (exact) mass is 340 g/mol. The molecule has 0 atom stereocenters. The summed E-state index contributed by atoms with van der Waals surface area (Å²) in [5.74, 6) is 0.904. The van der Waals surface area contributed by atoms with Crippen molar-refractivity contribution in [2.45, 2.75) is 57.5 Å². The van der Waals surface area contributed by atoms with E-state index in [0.717, 1.165) is 50.2 Å². The molecule has 2 fully saturated rings. The van der Waals surface area contributed by atoms with E-state index in [-0.39, 0.29) is 5.91 Å². The molecule has 2 aliphatic rings. The quantitative estimate of drug-likeness (QED) is 0.910. The van der Waals surface area contributed by atoms with Crippen molar-refractivity contribution < 1.29 is 4.79 Å². The van der Waals surface area contributed by atoms with Crippen LogP contribution in [0.4, 0.5) is 0 Å². The lowest BCUT2D eigenvalue weighted by Gasteiger charge is -2.32. The summed E-state index contributed by atoms with van der Waals surface area (Å²) >= 11 is 0. The van der Waals surface area contributed by atoms with Gasteiger partial charge in [-0.2, -0.15) is 0 Å². The van der Waals surface area contributed by atoms with Gasteiger partial charge in [0.15, 0.2) is 0 Å². The van der Waals surface area contributed by atoms with Gasteiger partial charge in [-0.25, -0.2) is 4.98 Å². The zero-order chi connectivity index (χ0) is 17.1. The van der Waals surface area contributed by atoms with Crippen LogP contribution in [0.25, 0.3) is 5.65 Å². The summed E-state index contributed by atoms with van der Waals surface area (Å²) < 4.78 is 2.07. The minimum Gasteiger partial charge on any atom is -0.353 e. The number of amides is 1. The number of aromatic nitrogens is 2. The van der Waals surface area contributed by atoms with Crippen LogP contribution in [0.3, 0.4) is 0 Å². The zero-order valence-electron chi connectivity index (χ0n) is 14.9. The van der Waals surface area contributed by atoms with E-state index in [1.807, 2.05) is 24.4 Å². The van der Waals surface area contributed by atoms with E-state index in [1.54, 1.807) is 0 Å². The van der Waals surface area contributed by atoms with Gasteiger partial charge in [0.1, 0.15) is 5.65 Å². The number of likely N-dealkylation sites (tertiary alicyclic amines) is 1. The largest absolute Gasteiger partial charge is 0.353 e. The molecule has 0 spiro atoms. The molecule has 0 radical (unpaired) electrons. The Labute approximate surface area is 149 Å². The number of hydrogen-bond acceptors (Lipinski definition) is 3. The minimum absolute atomic E-state index is 0.269. The maximum Gasteiger partial charge on any atom is 0.220 e. The molecule has 4 rings (SSSR count). The average Bonchev–Trinajstić information content (AvgIpc) is 3.25. The number of rotatable bonds is 5. The summed E-state index contributed by atoms with van der Waals surface area (Å²) in [6.07, 6.45) is 12.1. The van der Waals surface area contributed by atoms with Crippen LogP contribution in [0.1, 0.15) is 50.6 Å². The smallest absolute Gasteiger partial charge is 0.220 e. The molecule has 25 heavy (non-hydrogen) atoms. The fraction of sp³-hybridized carbons (Fsp3) is 0.600. The van der Waals surface area contributed by atoms with Crippen molar-refractivity contribution in [1.82, 2.24) is 19.6 Å². The lowest BCUT2D eigenvalue weighted by Crippen LogP contribution is -2.44. The molecule has 5 heteroatoms. The molecule has 2 aromatic heterocycles. The molecule has 0 bridgehead atoms. The van der Waals surface area contributed by atoms with E-state index < -0.39 is 0 Å². The fourth-order valence-corrected chi connectivity index (χ4v) is 4.29. The van der Waals surface area contributed by atoms with Crippen LogP contribution in [0.15, 0.2) is 30.6 Å². The zero-order valence-corrected chi connectivity index (χ0v) is 14.9. The topological polar surface area (TPSA) is 49.6 Å². The normalized spacial score (nSPS) is 20.3. The van der Waals surface area contributed by atoms with Crippen molar-refractivity contribution in [3.8, 4) is 0 Å². The van der Waals surface area contributed by atoms with E-state index in [1.165, 1.54) is 25.7 Å². The van der Waals surface area contributed by atoms with Crippen LogP contribution in [-0.2, 0) is 11.3 Å². The highest BCUT2D eigenvalue weighted by atomic mass is 16.1. The number of carbonyl (C=O) groups excluding carboxylic acids is 1. The summed E-state index contributed by atoms with van der Waals surface area (Å²) in [6.45, 7) is 2.95. The van der Waals surface area contributed by atoms with Gasteiger partial charge in [0, 0.05) is 44.5 Å². The van der Waals surface area contributed by atoms with Gasteiger partial charge < -0.3 is 9.72 Å². The maximum absolute atomic E-state index is 12.2. The van der Waals surface area contributed by atoms with Crippen molar-refractivity contribution in [2.24, 2.45) is 5.92 Å². The molecule has 2 aromatic rings. The summed E-state index contributed by atoms with van der Waals surface area (Å²) in [6, 6.07) is 6.44. The second-order valence-corrected chi connectivity index (χ2v) is 7.67. The Kier molecular flexibility index (Phi) is 5.02. The van der Waals surface area contributed by atoms with E-state index in [9.17, 15) is 4.79 Å². The van der Waals surface area contributed by atoms with Crippen molar-refractivity contribution in [3.63, 3.8) is 0 Å². The van der Waals surface area contributed by atoms with Crippen molar-refractivity contribution in [2.75, 3.05) is 13.1 Å². The van der Waals surface area contributed by atoms with Crippen LogP contribution < -0.4 is 5.32 Å². The second-order valence-electron chi connectivity index (χ2n) is 7.67. The van der Waals surface area contributed by atoms with Gasteiger partial charge in [0.05, 0.1) is 5.69 Å². The van der Waals surface area contributed by atoms with Gasteiger partial charge >= 0.3 is 0 Å². The van der Waals surface area contributed by atoms with Gasteiger partial charge in [-0.3, -0.25) is 9.69 Å². The van der Waals surface area contributed by atoms with Gasteiger partial charge in [-0.15, -0.1) is 0 Å². The molecular weight excluding hydrogens is 312 g/mol. The van der Waals surface area contributed by atoms with Crippen molar-refractivity contribution in [1.29, 1.82) is 0 Å². The summed E-state index contributed by atoms with van der Waals surface area (Å²) in [7, 11) is 0. The van der Waals surface area contributed by atoms with Crippen molar-refractivity contribution in [3.05, 3.63) is 36.3 Å². The van der Waals surface area contributed by atoms with Crippen LogP contribution >= 0.6 is 0 Å². The average molecular weight is 340 g/mol. The fourth-order valence-electron chi connectivity index (χ4n) is 4.29. The lowest BCUT2D eigenvalue weighted by molar-refractivity contribution is -0.123. The molecule has 0 unspecified atom stereocenters. The van der Waals surface area contributed by atoms with Gasteiger partial charge in [-0.05, 0) is 43.7 Å². The first-order valence-electron chi connectivity index (χ1n) is 9.70. The Morgan fingerprint density at radius 2 is 1.96 bits per heavy atom.